The zero-order valence-corrected chi connectivity index (χ0v) is 14.4. The normalized spacial score (nSPS) is 31.5. The van der Waals surface area contributed by atoms with E-state index in [-0.39, 0.29) is 11.2 Å². The van der Waals surface area contributed by atoms with Gasteiger partial charge in [0.05, 0.1) is 11.2 Å². The lowest BCUT2D eigenvalue weighted by Gasteiger charge is -2.42. The molecule has 0 aromatic rings. The van der Waals surface area contributed by atoms with E-state index < -0.39 is 9.84 Å². The van der Waals surface area contributed by atoms with Gasteiger partial charge in [-0.1, -0.05) is 12.8 Å². The summed E-state index contributed by atoms with van der Waals surface area (Å²) in [7, 11) is -2.93. The summed E-state index contributed by atoms with van der Waals surface area (Å²) in [4.78, 5) is 17.4. The first-order chi connectivity index (χ1) is 10.4. The highest BCUT2D eigenvalue weighted by molar-refractivity contribution is 7.90. The molecule has 2 heterocycles. The highest BCUT2D eigenvalue weighted by Gasteiger charge is 2.49. The number of amides is 1. The molecule has 6 heteroatoms. The Morgan fingerprint density at radius 3 is 2.55 bits per heavy atom. The molecule has 0 aromatic heterocycles. The molecule has 0 bridgehead atoms. The first kappa shape index (κ1) is 16.2. The number of rotatable bonds is 4. The van der Waals surface area contributed by atoms with Gasteiger partial charge in [-0.25, -0.2) is 8.42 Å². The summed E-state index contributed by atoms with van der Waals surface area (Å²) in [6.45, 7) is 3.11. The minimum atomic E-state index is -2.93. The smallest absolute Gasteiger partial charge is 0.230 e. The molecule has 0 radical (unpaired) electrons. The van der Waals surface area contributed by atoms with Crippen molar-refractivity contribution < 1.29 is 13.2 Å². The van der Waals surface area contributed by atoms with E-state index in [0.29, 0.717) is 18.5 Å². The molecule has 1 aliphatic carbocycles. The van der Waals surface area contributed by atoms with Crippen LogP contribution in [0.2, 0.25) is 0 Å². The molecule has 2 aliphatic heterocycles. The molecule has 126 valence electrons. The third-order valence-electron chi connectivity index (χ3n) is 5.75. The predicted molar refractivity (Wildman–Crippen MR) is 86.4 cm³/mol. The van der Waals surface area contributed by atoms with Crippen LogP contribution in [0.4, 0.5) is 0 Å². The monoisotopic (exact) mass is 328 g/mol. The average Bonchev–Trinajstić information content (AvgIpc) is 3.10. The van der Waals surface area contributed by atoms with Crippen LogP contribution in [0.3, 0.4) is 0 Å². The van der Waals surface area contributed by atoms with Crippen LogP contribution in [-0.2, 0) is 14.6 Å². The number of nitrogens with zero attached hydrogens (tertiary/aromatic N) is 2. The van der Waals surface area contributed by atoms with Crippen molar-refractivity contribution in [1.82, 2.24) is 9.80 Å². The lowest BCUT2D eigenvalue weighted by Crippen LogP contribution is -2.53. The van der Waals surface area contributed by atoms with E-state index in [1.165, 1.54) is 31.9 Å². The molecule has 3 fully saturated rings. The van der Waals surface area contributed by atoms with Gasteiger partial charge in [-0.2, -0.15) is 0 Å². The van der Waals surface area contributed by atoms with E-state index in [9.17, 15) is 13.2 Å². The first-order valence-corrected chi connectivity index (χ1v) is 10.7. The van der Waals surface area contributed by atoms with Crippen molar-refractivity contribution in [3.63, 3.8) is 0 Å². The summed E-state index contributed by atoms with van der Waals surface area (Å²) in [6, 6.07) is 0.467. The fourth-order valence-corrected chi connectivity index (χ4v) is 5.08. The average molecular weight is 328 g/mol. The van der Waals surface area contributed by atoms with Gasteiger partial charge in [0.2, 0.25) is 5.91 Å². The molecular formula is C16H28N2O3S. The molecule has 5 nitrogen and oxygen atoms in total. The van der Waals surface area contributed by atoms with Crippen molar-refractivity contribution >= 4 is 15.7 Å². The molecule has 1 amide bonds. The summed E-state index contributed by atoms with van der Waals surface area (Å²) in [5.41, 5.74) is -0.224. The van der Waals surface area contributed by atoms with Crippen LogP contribution in [0.25, 0.3) is 0 Å². The minimum absolute atomic E-state index is 0.198. The number of carbonyl (C=O) groups is 1. The summed E-state index contributed by atoms with van der Waals surface area (Å²) in [5.74, 6) is 0.552. The summed E-state index contributed by atoms with van der Waals surface area (Å²) in [5, 5.41) is 0. The zero-order valence-electron chi connectivity index (χ0n) is 13.6. The Kier molecular flexibility index (Phi) is 4.52. The Balaban J connectivity index is 1.64. The molecule has 2 saturated heterocycles. The van der Waals surface area contributed by atoms with E-state index in [0.717, 1.165) is 38.9 Å². The third kappa shape index (κ3) is 3.32. The number of hydrogen-bond acceptors (Lipinski definition) is 4. The third-order valence-corrected chi connectivity index (χ3v) is 6.67. The van der Waals surface area contributed by atoms with Crippen LogP contribution in [0.5, 0.6) is 0 Å². The Bertz CT molecular complexity index is 528. The summed E-state index contributed by atoms with van der Waals surface area (Å²) >= 11 is 0. The van der Waals surface area contributed by atoms with Gasteiger partial charge in [0.1, 0.15) is 9.84 Å². The quantitative estimate of drug-likeness (QED) is 0.780. The Morgan fingerprint density at radius 1 is 1.14 bits per heavy atom. The SMILES string of the molecule is CS(=O)(=O)CCN1CC[C@@]2(CCCN(C3CCCC3)C2=O)C1. The van der Waals surface area contributed by atoms with E-state index in [1.54, 1.807) is 0 Å². The van der Waals surface area contributed by atoms with Crippen LogP contribution in [-0.4, -0.2) is 68.4 Å². The lowest BCUT2D eigenvalue weighted by molar-refractivity contribution is -0.148. The molecule has 22 heavy (non-hydrogen) atoms. The number of piperidine rings is 1. The van der Waals surface area contributed by atoms with Crippen molar-refractivity contribution in [2.24, 2.45) is 5.41 Å². The Labute approximate surface area is 134 Å². The standard InChI is InChI=1S/C16H28N2O3S/c1-22(20,21)12-11-17-10-8-16(13-17)7-4-9-18(15(16)19)14-5-2-3-6-14/h14H,2-13H2,1H3/t16-/m0/s1. The van der Waals surface area contributed by atoms with Gasteiger partial charge in [0.25, 0.3) is 0 Å². The second kappa shape index (κ2) is 6.11. The molecule has 0 unspecified atom stereocenters. The van der Waals surface area contributed by atoms with Crippen molar-refractivity contribution in [2.75, 3.05) is 38.2 Å². The van der Waals surface area contributed by atoms with Crippen LogP contribution < -0.4 is 0 Å². The maximum absolute atomic E-state index is 13.1. The highest BCUT2D eigenvalue weighted by atomic mass is 32.2. The van der Waals surface area contributed by atoms with Gasteiger partial charge in [-0.15, -0.1) is 0 Å². The molecule has 1 spiro atoms. The maximum atomic E-state index is 13.1. The zero-order chi connectivity index (χ0) is 15.8. The van der Waals surface area contributed by atoms with Crippen LogP contribution in [0.1, 0.15) is 44.9 Å². The fourth-order valence-electron chi connectivity index (χ4n) is 4.49. The van der Waals surface area contributed by atoms with Crippen molar-refractivity contribution in [1.29, 1.82) is 0 Å². The summed E-state index contributed by atoms with van der Waals surface area (Å²) in [6.07, 6.45) is 9.10. The van der Waals surface area contributed by atoms with Gasteiger partial charge in [0, 0.05) is 31.9 Å². The van der Waals surface area contributed by atoms with Crippen molar-refractivity contribution in [3.05, 3.63) is 0 Å². The Hall–Kier alpha value is -0.620. The maximum Gasteiger partial charge on any atom is 0.230 e. The topological polar surface area (TPSA) is 57.7 Å². The number of likely N-dealkylation sites (tertiary alicyclic amines) is 2. The molecule has 0 N–H and O–H groups in total. The minimum Gasteiger partial charge on any atom is -0.339 e. The molecule has 1 saturated carbocycles. The van der Waals surface area contributed by atoms with Gasteiger partial charge in [-0.05, 0) is 38.6 Å². The van der Waals surface area contributed by atoms with Crippen LogP contribution in [0, 0.1) is 5.41 Å². The molecular weight excluding hydrogens is 300 g/mol. The van der Waals surface area contributed by atoms with E-state index in [2.05, 4.69) is 9.80 Å². The molecule has 3 rings (SSSR count). The highest BCUT2D eigenvalue weighted by Crippen LogP contribution is 2.42. The second-order valence-electron chi connectivity index (χ2n) is 7.48. The van der Waals surface area contributed by atoms with Crippen molar-refractivity contribution in [2.45, 2.75) is 51.0 Å². The molecule has 3 aliphatic rings. The van der Waals surface area contributed by atoms with Crippen molar-refractivity contribution in [3.8, 4) is 0 Å². The number of sulfone groups is 1. The van der Waals surface area contributed by atoms with Gasteiger partial charge in [0.15, 0.2) is 0 Å². The van der Waals surface area contributed by atoms with E-state index in [1.807, 2.05) is 0 Å². The Morgan fingerprint density at radius 2 is 1.86 bits per heavy atom. The number of hydrogen-bond donors (Lipinski definition) is 0. The molecule has 1 atom stereocenters. The van der Waals surface area contributed by atoms with Gasteiger partial charge < -0.3 is 9.80 Å². The van der Waals surface area contributed by atoms with Gasteiger partial charge in [-0.3, -0.25) is 4.79 Å². The summed E-state index contributed by atoms with van der Waals surface area (Å²) < 4.78 is 22.7. The lowest BCUT2D eigenvalue weighted by atomic mass is 9.77. The van der Waals surface area contributed by atoms with Crippen LogP contribution >= 0.6 is 0 Å². The fraction of sp³-hybridized carbons (Fsp3) is 0.938. The van der Waals surface area contributed by atoms with Gasteiger partial charge >= 0.3 is 0 Å². The van der Waals surface area contributed by atoms with E-state index >= 15 is 0 Å². The number of carbonyl (C=O) groups excluding carboxylic acids is 1. The largest absolute Gasteiger partial charge is 0.339 e. The predicted octanol–water partition coefficient (Wildman–Crippen LogP) is 1.29. The van der Waals surface area contributed by atoms with E-state index in [4.69, 9.17) is 0 Å². The molecule has 0 aromatic carbocycles. The second-order valence-corrected chi connectivity index (χ2v) is 9.74. The van der Waals surface area contributed by atoms with Crippen LogP contribution in [0.15, 0.2) is 0 Å². The first-order valence-electron chi connectivity index (χ1n) is 8.61.